The van der Waals surface area contributed by atoms with Gasteiger partial charge < -0.3 is 4.90 Å². The Labute approximate surface area is 360 Å². The summed E-state index contributed by atoms with van der Waals surface area (Å²) in [5.41, 5.74) is 23.1. The van der Waals surface area contributed by atoms with Crippen LogP contribution in [0.4, 0.5) is 17.1 Å². The van der Waals surface area contributed by atoms with E-state index in [4.69, 9.17) is 0 Å². The Morgan fingerprint density at radius 3 is 1.08 bits per heavy atom. The minimum atomic E-state index is 1.14. The first kappa shape index (κ1) is 37.1. The first-order valence-electron chi connectivity index (χ1n) is 22.3. The average Bonchev–Trinajstić information content (AvgIpc) is 3.34. The Bertz CT molecular complexity index is 2930. The van der Waals surface area contributed by atoms with E-state index in [0.717, 1.165) is 37.1 Å². The molecule has 0 heterocycles. The molecule has 2 aliphatic rings. The van der Waals surface area contributed by atoms with Crippen LogP contribution in [0.5, 0.6) is 0 Å². The maximum absolute atomic E-state index is 2.46. The molecule has 0 aromatic heterocycles. The Morgan fingerprint density at radius 1 is 0.262 bits per heavy atom. The highest BCUT2D eigenvalue weighted by atomic mass is 15.1. The first-order valence-corrected chi connectivity index (χ1v) is 22.3. The maximum atomic E-state index is 2.46. The van der Waals surface area contributed by atoms with E-state index in [2.05, 4.69) is 205 Å². The van der Waals surface area contributed by atoms with E-state index in [1.165, 1.54) is 92.2 Å². The third-order valence-electron chi connectivity index (χ3n) is 13.3. The summed E-state index contributed by atoms with van der Waals surface area (Å²) in [7, 11) is 0. The summed E-state index contributed by atoms with van der Waals surface area (Å²) in [6.07, 6.45) is 9.66. The lowest BCUT2D eigenvalue weighted by Gasteiger charge is -2.32. The minimum Gasteiger partial charge on any atom is -0.310 e. The molecule has 0 saturated carbocycles. The van der Waals surface area contributed by atoms with Gasteiger partial charge in [-0.3, -0.25) is 0 Å². The molecule has 0 unspecified atom stereocenters. The van der Waals surface area contributed by atoms with Crippen molar-refractivity contribution >= 4 is 27.8 Å². The molecule has 11 rings (SSSR count). The smallest absolute Gasteiger partial charge is 0.0540 e. The second kappa shape index (κ2) is 16.2. The third kappa shape index (κ3) is 6.95. The molecule has 9 aromatic rings. The molecule has 61 heavy (non-hydrogen) atoms. The van der Waals surface area contributed by atoms with Crippen LogP contribution in [-0.2, 0) is 25.7 Å². The lowest BCUT2D eigenvalue weighted by Crippen LogP contribution is -2.16. The van der Waals surface area contributed by atoms with Crippen molar-refractivity contribution in [1.82, 2.24) is 0 Å². The number of rotatable bonds is 8. The second-order valence-corrected chi connectivity index (χ2v) is 16.9. The van der Waals surface area contributed by atoms with E-state index >= 15 is 0 Å². The highest BCUT2D eigenvalue weighted by molar-refractivity contribution is 6.07. The van der Waals surface area contributed by atoms with Gasteiger partial charge in [0.25, 0.3) is 0 Å². The van der Waals surface area contributed by atoms with Crippen molar-refractivity contribution in [3.8, 4) is 55.6 Å². The highest BCUT2D eigenvalue weighted by Gasteiger charge is 2.29. The summed E-state index contributed by atoms with van der Waals surface area (Å²) >= 11 is 0. The zero-order chi connectivity index (χ0) is 40.5. The summed E-state index contributed by atoms with van der Waals surface area (Å²) < 4.78 is 0. The maximum Gasteiger partial charge on any atom is 0.0540 e. The quantitative estimate of drug-likeness (QED) is 0.148. The van der Waals surface area contributed by atoms with Gasteiger partial charge in [-0.25, -0.2) is 0 Å². The zero-order valence-corrected chi connectivity index (χ0v) is 34.7. The number of nitrogens with zero attached hydrogens (tertiary/aromatic N) is 1. The molecular formula is C60H49N. The molecule has 9 aromatic carbocycles. The zero-order valence-electron chi connectivity index (χ0n) is 34.7. The standard InChI is InChI=1S/C60H49N/c1-4-16-42(17-5-1)44-30-32-45(33-31-44)47-36-40-50(41-37-47)61(49-38-34-46(35-39-49)43-18-6-2-7-19-43)58-29-15-26-51-52(58)27-14-28-53(51)60-56-24-12-10-22-54(56)59(48-20-8-3-9-21-48)55-23-11-13-25-57(55)60/h1-9,14-21,26-41H,10-13,22-25H2. The third-order valence-corrected chi connectivity index (χ3v) is 13.3. The van der Waals surface area contributed by atoms with Crippen LogP contribution in [0.3, 0.4) is 0 Å². The van der Waals surface area contributed by atoms with Gasteiger partial charge in [0.1, 0.15) is 0 Å². The van der Waals surface area contributed by atoms with Crippen LogP contribution in [0, 0.1) is 0 Å². The number of fused-ring (bicyclic) bond motifs is 3. The molecule has 2 aliphatic carbocycles. The number of anilines is 3. The normalized spacial score (nSPS) is 13.4. The SMILES string of the molecule is c1ccc(-c2ccc(-c3ccc(N(c4ccc(-c5ccccc5)cc4)c4cccc5c(-c6c7c(c(-c8ccccc8)c8c6CCCC8)CCCC7)cccc45)cc3)cc2)cc1. The molecular weight excluding hydrogens is 735 g/mol. The minimum absolute atomic E-state index is 1.14. The lowest BCUT2D eigenvalue weighted by molar-refractivity contribution is 0.663. The van der Waals surface area contributed by atoms with Crippen LogP contribution >= 0.6 is 0 Å². The van der Waals surface area contributed by atoms with E-state index in [1.807, 2.05) is 0 Å². The van der Waals surface area contributed by atoms with Gasteiger partial charge in [0.05, 0.1) is 5.69 Å². The largest absolute Gasteiger partial charge is 0.310 e. The fourth-order valence-electron chi connectivity index (χ4n) is 10.4. The van der Waals surface area contributed by atoms with Crippen molar-refractivity contribution in [3.63, 3.8) is 0 Å². The molecule has 0 saturated heterocycles. The Kier molecular flexibility index (Phi) is 9.87. The topological polar surface area (TPSA) is 3.24 Å². The molecule has 1 nitrogen and oxygen atoms in total. The van der Waals surface area contributed by atoms with Gasteiger partial charge >= 0.3 is 0 Å². The molecule has 294 valence electrons. The monoisotopic (exact) mass is 783 g/mol. The lowest BCUT2D eigenvalue weighted by atomic mass is 9.72. The molecule has 0 aliphatic heterocycles. The number of hydrogen-bond donors (Lipinski definition) is 0. The van der Waals surface area contributed by atoms with Crippen molar-refractivity contribution in [1.29, 1.82) is 0 Å². The molecule has 0 radical (unpaired) electrons. The van der Waals surface area contributed by atoms with Gasteiger partial charge in [-0.2, -0.15) is 0 Å². The van der Waals surface area contributed by atoms with Crippen molar-refractivity contribution in [2.45, 2.75) is 51.4 Å². The summed E-state index contributed by atoms with van der Waals surface area (Å²) in [6, 6.07) is 73.9. The molecule has 0 bridgehead atoms. The fraction of sp³-hybridized carbons (Fsp3) is 0.133. The van der Waals surface area contributed by atoms with Gasteiger partial charge in [0.2, 0.25) is 0 Å². The van der Waals surface area contributed by atoms with E-state index in [9.17, 15) is 0 Å². The summed E-state index contributed by atoms with van der Waals surface area (Å²) in [4.78, 5) is 2.46. The van der Waals surface area contributed by atoms with Gasteiger partial charge in [0.15, 0.2) is 0 Å². The van der Waals surface area contributed by atoms with Gasteiger partial charge in [-0.15, -0.1) is 0 Å². The molecule has 0 N–H and O–H groups in total. The predicted molar refractivity (Wildman–Crippen MR) is 259 cm³/mol. The average molecular weight is 784 g/mol. The number of benzene rings is 9. The highest BCUT2D eigenvalue weighted by Crippen LogP contribution is 2.49. The van der Waals surface area contributed by atoms with Crippen LogP contribution in [0.1, 0.15) is 47.9 Å². The predicted octanol–water partition coefficient (Wildman–Crippen LogP) is 16.4. The summed E-state index contributed by atoms with van der Waals surface area (Å²) in [5, 5.41) is 2.60. The van der Waals surface area contributed by atoms with Crippen molar-refractivity contribution in [2.75, 3.05) is 4.90 Å². The van der Waals surface area contributed by atoms with E-state index in [0.29, 0.717) is 0 Å². The van der Waals surface area contributed by atoms with Gasteiger partial charge in [0, 0.05) is 16.8 Å². The van der Waals surface area contributed by atoms with Gasteiger partial charge in [-0.05, 0) is 165 Å². The molecule has 0 amide bonds. The second-order valence-electron chi connectivity index (χ2n) is 16.9. The fourth-order valence-corrected chi connectivity index (χ4v) is 10.4. The molecule has 1 heteroatoms. The summed E-state index contributed by atoms with van der Waals surface area (Å²) in [5.74, 6) is 0. The van der Waals surface area contributed by atoms with Crippen molar-refractivity contribution in [3.05, 3.63) is 222 Å². The molecule has 0 fully saturated rings. The summed E-state index contributed by atoms with van der Waals surface area (Å²) in [6.45, 7) is 0. The van der Waals surface area contributed by atoms with Crippen LogP contribution in [-0.4, -0.2) is 0 Å². The van der Waals surface area contributed by atoms with E-state index in [-0.39, 0.29) is 0 Å². The Hall–Kier alpha value is -6.96. The van der Waals surface area contributed by atoms with Crippen molar-refractivity contribution in [2.24, 2.45) is 0 Å². The number of hydrogen-bond acceptors (Lipinski definition) is 1. The Morgan fingerprint density at radius 2 is 0.623 bits per heavy atom. The van der Waals surface area contributed by atoms with E-state index in [1.54, 1.807) is 27.8 Å². The van der Waals surface area contributed by atoms with Crippen LogP contribution in [0.15, 0.2) is 200 Å². The Balaban J connectivity index is 1.05. The van der Waals surface area contributed by atoms with Crippen molar-refractivity contribution < 1.29 is 0 Å². The first-order chi connectivity index (χ1) is 30.3. The van der Waals surface area contributed by atoms with Crippen LogP contribution < -0.4 is 4.90 Å². The molecule has 0 spiro atoms. The van der Waals surface area contributed by atoms with Gasteiger partial charge in [-0.1, -0.05) is 170 Å². The molecule has 0 atom stereocenters. The van der Waals surface area contributed by atoms with Crippen LogP contribution in [0.25, 0.3) is 66.4 Å². The van der Waals surface area contributed by atoms with E-state index < -0.39 is 0 Å². The van der Waals surface area contributed by atoms with Crippen LogP contribution in [0.2, 0.25) is 0 Å².